The SMILES string of the molecule is C=C(Cl)CNC(=O)c1cc(-c2ccco2)on1. The number of furan rings is 1. The van der Waals surface area contributed by atoms with Gasteiger partial charge in [0.2, 0.25) is 5.76 Å². The van der Waals surface area contributed by atoms with Crippen LogP contribution in [0.3, 0.4) is 0 Å². The van der Waals surface area contributed by atoms with E-state index >= 15 is 0 Å². The zero-order valence-corrected chi connectivity index (χ0v) is 9.53. The summed E-state index contributed by atoms with van der Waals surface area (Å²) in [5, 5.41) is 6.50. The molecule has 0 unspecified atom stereocenters. The van der Waals surface area contributed by atoms with Crippen LogP contribution in [0.15, 0.2) is 45.0 Å². The summed E-state index contributed by atoms with van der Waals surface area (Å²) in [6.45, 7) is 3.64. The van der Waals surface area contributed by atoms with Crippen LogP contribution < -0.4 is 5.32 Å². The Balaban J connectivity index is 2.08. The molecule has 0 aliphatic heterocycles. The molecule has 17 heavy (non-hydrogen) atoms. The molecular weight excluding hydrogens is 244 g/mol. The van der Waals surface area contributed by atoms with E-state index in [9.17, 15) is 4.79 Å². The molecule has 0 bridgehead atoms. The van der Waals surface area contributed by atoms with Gasteiger partial charge in [0.25, 0.3) is 5.91 Å². The minimum absolute atomic E-state index is 0.161. The van der Waals surface area contributed by atoms with Crippen LogP contribution in [-0.2, 0) is 0 Å². The fourth-order valence-electron chi connectivity index (χ4n) is 1.18. The van der Waals surface area contributed by atoms with E-state index in [1.165, 1.54) is 12.3 Å². The van der Waals surface area contributed by atoms with Gasteiger partial charge in [0, 0.05) is 11.1 Å². The van der Waals surface area contributed by atoms with Crippen LogP contribution in [0.1, 0.15) is 10.5 Å². The maximum Gasteiger partial charge on any atom is 0.273 e. The second kappa shape index (κ2) is 4.88. The Bertz CT molecular complexity index is 531. The van der Waals surface area contributed by atoms with Crippen LogP contribution in [0.5, 0.6) is 0 Å². The lowest BCUT2D eigenvalue weighted by atomic mass is 10.3. The lowest BCUT2D eigenvalue weighted by Gasteiger charge is -1.98. The smallest absolute Gasteiger partial charge is 0.273 e. The predicted molar refractivity (Wildman–Crippen MR) is 61.5 cm³/mol. The van der Waals surface area contributed by atoms with Crippen molar-refractivity contribution in [3.63, 3.8) is 0 Å². The highest BCUT2D eigenvalue weighted by molar-refractivity contribution is 6.29. The maximum atomic E-state index is 11.6. The number of nitrogens with one attached hydrogen (secondary N) is 1. The van der Waals surface area contributed by atoms with Crippen molar-refractivity contribution in [1.82, 2.24) is 10.5 Å². The van der Waals surface area contributed by atoms with Crippen LogP contribution in [0, 0.1) is 0 Å². The number of nitrogens with zero attached hydrogens (tertiary/aromatic N) is 1. The molecule has 5 nitrogen and oxygen atoms in total. The van der Waals surface area contributed by atoms with Crippen molar-refractivity contribution in [1.29, 1.82) is 0 Å². The van der Waals surface area contributed by atoms with Gasteiger partial charge in [-0.15, -0.1) is 0 Å². The molecule has 0 aliphatic carbocycles. The summed E-state index contributed by atoms with van der Waals surface area (Å²) in [6.07, 6.45) is 1.51. The molecular formula is C11H9ClN2O3. The van der Waals surface area contributed by atoms with E-state index in [0.29, 0.717) is 16.6 Å². The second-order valence-corrected chi connectivity index (χ2v) is 3.79. The summed E-state index contributed by atoms with van der Waals surface area (Å²) in [7, 11) is 0. The van der Waals surface area contributed by atoms with E-state index in [-0.39, 0.29) is 18.1 Å². The molecule has 2 aromatic rings. The molecule has 0 saturated heterocycles. The predicted octanol–water partition coefficient (Wildman–Crippen LogP) is 2.42. The average molecular weight is 253 g/mol. The number of aromatic nitrogens is 1. The number of hydrogen-bond donors (Lipinski definition) is 1. The minimum atomic E-state index is -0.381. The normalized spacial score (nSPS) is 10.2. The van der Waals surface area contributed by atoms with Crippen LogP contribution in [-0.4, -0.2) is 17.6 Å². The molecule has 1 N–H and O–H groups in total. The van der Waals surface area contributed by atoms with Crippen molar-refractivity contribution < 1.29 is 13.7 Å². The standard InChI is InChI=1S/C11H9ClN2O3/c1-7(12)6-13-11(15)8-5-10(17-14-8)9-3-2-4-16-9/h2-5H,1,6H2,(H,13,15). The Labute approximate surface area is 102 Å². The van der Waals surface area contributed by atoms with Gasteiger partial charge in [0.15, 0.2) is 11.5 Å². The molecule has 2 aromatic heterocycles. The van der Waals surface area contributed by atoms with Crippen LogP contribution >= 0.6 is 11.6 Å². The topological polar surface area (TPSA) is 68.3 Å². The lowest BCUT2D eigenvalue weighted by molar-refractivity contribution is 0.0948. The Morgan fingerprint density at radius 3 is 3.00 bits per heavy atom. The Kier molecular flexibility index (Phi) is 3.30. The van der Waals surface area contributed by atoms with Gasteiger partial charge in [-0.25, -0.2) is 0 Å². The molecule has 0 fully saturated rings. The van der Waals surface area contributed by atoms with Crippen molar-refractivity contribution in [3.05, 3.63) is 41.8 Å². The van der Waals surface area contributed by atoms with Gasteiger partial charge in [0.05, 0.1) is 12.8 Å². The summed E-state index contributed by atoms with van der Waals surface area (Å²) in [4.78, 5) is 11.6. The van der Waals surface area contributed by atoms with Gasteiger partial charge < -0.3 is 14.3 Å². The molecule has 0 atom stereocenters. The van der Waals surface area contributed by atoms with Crippen LogP contribution in [0.2, 0.25) is 0 Å². The lowest BCUT2D eigenvalue weighted by Crippen LogP contribution is -2.24. The van der Waals surface area contributed by atoms with Gasteiger partial charge >= 0.3 is 0 Å². The molecule has 6 heteroatoms. The monoisotopic (exact) mass is 252 g/mol. The third-order valence-corrected chi connectivity index (χ3v) is 2.08. The Morgan fingerprint density at radius 1 is 1.53 bits per heavy atom. The fraction of sp³-hybridized carbons (Fsp3) is 0.0909. The summed E-state index contributed by atoms with van der Waals surface area (Å²) < 4.78 is 10.1. The number of carbonyl (C=O) groups excluding carboxylic acids is 1. The summed E-state index contributed by atoms with van der Waals surface area (Å²) >= 11 is 5.53. The quantitative estimate of drug-likeness (QED) is 0.907. The first-order valence-electron chi connectivity index (χ1n) is 4.79. The maximum absolute atomic E-state index is 11.6. The van der Waals surface area contributed by atoms with E-state index in [1.54, 1.807) is 12.1 Å². The minimum Gasteiger partial charge on any atom is -0.461 e. The zero-order chi connectivity index (χ0) is 12.3. The Morgan fingerprint density at radius 2 is 2.35 bits per heavy atom. The van der Waals surface area contributed by atoms with E-state index in [0.717, 1.165) is 0 Å². The number of hydrogen-bond acceptors (Lipinski definition) is 4. The third-order valence-electron chi connectivity index (χ3n) is 1.95. The van der Waals surface area contributed by atoms with E-state index < -0.39 is 0 Å². The first kappa shape index (κ1) is 11.5. The summed E-state index contributed by atoms with van der Waals surface area (Å²) in [5.74, 6) is 0.525. The molecule has 0 saturated carbocycles. The van der Waals surface area contributed by atoms with E-state index in [1.807, 2.05) is 0 Å². The van der Waals surface area contributed by atoms with E-state index in [4.69, 9.17) is 20.5 Å². The Hall–Kier alpha value is -2.01. The van der Waals surface area contributed by atoms with E-state index in [2.05, 4.69) is 17.1 Å². The first-order valence-corrected chi connectivity index (χ1v) is 5.16. The molecule has 0 radical (unpaired) electrons. The van der Waals surface area contributed by atoms with Crippen LogP contribution in [0.4, 0.5) is 0 Å². The zero-order valence-electron chi connectivity index (χ0n) is 8.77. The number of rotatable bonds is 4. The average Bonchev–Trinajstić information content (AvgIpc) is 2.94. The van der Waals surface area contributed by atoms with Crippen molar-refractivity contribution in [2.75, 3.05) is 6.54 Å². The molecule has 1 amide bonds. The van der Waals surface area contributed by atoms with Crippen molar-refractivity contribution in [2.45, 2.75) is 0 Å². The summed E-state index contributed by atoms with van der Waals surface area (Å²) in [6, 6.07) is 4.92. The number of halogens is 1. The van der Waals surface area contributed by atoms with Gasteiger partial charge in [-0.05, 0) is 12.1 Å². The fourth-order valence-corrected chi connectivity index (χ4v) is 1.25. The highest BCUT2D eigenvalue weighted by atomic mass is 35.5. The van der Waals surface area contributed by atoms with Crippen molar-refractivity contribution in [3.8, 4) is 11.5 Å². The first-order chi connectivity index (χ1) is 8.16. The van der Waals surface area contributed by atoms with Crippen LogP contribution in [0.25, 0.3) is 11.5 Å². The second-order valence-electron chi connectivity index (χ2n) is 3.25. The summed E-state index contributed by atoms with van der Waals surface area (Å²) in [5.41, 5.74) is 0.161. The van der Waals surface area contributed by atoms with Gasteiger partial charge in [0.1, 0.15) is 0 Å². The van der Waals surface area contributed by atoms with Crippen molar-refractivity contribution >= 4 is 17.5 Å². The van der Waals surface area contributed by atoms with Gasteiger partial charge in [-0.3, -0.25) is 4.79 Å². The molecule has 0 aromatic carbocycles. The highest BCUT2D eigenvalue weighted by Crippen LogP contribution is 2.20. The van der Waals surface area contributed by atoms with Gasteiger partial charge in [-0.1, -0.05) is 23.3 Å². The van der Waals surface area contributed by atoms with Crippen molar-refractivity contribution in [2.24, 2.45) is 0 Å². The molecule has 0 aliphatic rings. The molecule has 2 heterocycles. The largest absolute Gasteiger partial charge is 0.461 e. The number of amides is 1. The molecule has 0 spiro atoms. The van der Waals surface area contributed by atoms with Gasteiger partial charge in [-0.2, -0.15) is 0 Å². The molecule has 88 valence electrons. The highest BCUT2D eigenvalue weighted by Gasteiger charge is 2.14. The number of carbonyl (C=O) groups is 1. The molecule has 2 rings (SSSR count). The third kappa shape index (κ3) is 2.76.